The van der Waals surface area contributed by atoms with Gasteiger partial charge in [-0.1, -0.05) is 13.3 Å². The first-order valence-corrected chi connectivity index (χ1v) is 6.18. The fourth-order valence-electron chi connectivity index (χ4n) is 2.11. The lowest BCUT2D eigenvalue weighted by Gasteiger charge is -2.35. The van der Waals surface area contributed by atoms with Gasteiger partial charge in [-0.15, -0.1) is 11.6 Å². The minimum Gasteiger partial charge on any atom is -0.388 e. The van der Waals surface area contributed by atoms with Crippen LogP contribution in [0.4, 0.5) is 0 Å². The second-order valence-electron chi connectivity index (χ2n) is 4.49. The Morgan fingerprint density at radius 2 is 2.13 bits per heavy atom. The number of carbonyl (C=O) groups excluding carboxylic acids is 1. The van der Waals surface area contributed by atoms with E-state index in [0.29, 0.717) is 6.54 Å². The van der Waals surface area contributed by atoms with Gasteiger partial charge < -0.3 is 10.4 Å². The minimum absolute atomic E-state index is 0.0341. The summed E-state index contributed by atoms with van der Waals surface area (Å²) in [5, 5.41) is 12.8. The Bertz CT molecular complexity index is 213. The first kappa shape index (κ1) is 12.8. The second-order valence-corrected chi connectivity index (χ2v) is 4.75. The van der Waals surface area contributed by atoms with E-state index in [1.165, 1.54) is 6.42 Å². The van der Waals surface area contributed by atoms with Crippen molar-refractivity contribution < 1.29 is 9.90 Å². The molecule has 1 fully saturated rings. The van der Waals surface area contributed by atoms with Crippen LogP contribution in [-0.4, -0.2) is 29.0 Å². The number of hydrogen-bond donors (Lipinski definition) is 2. The highest BCUT2D eigenvalue weighted by Crippen LogP contribution is 2.33. The van der Waals surface area contributed by atoms with Gasteiger partial charge >= 0.3 is 0 Å². The summed E-state index contributed by atoms with van der Waals surface area (Å²) in [6.45, 7) is 2.53. The Balaban J connectivity index is 2.31. The van der Waals surface area contributed by atoms with Crippen LogP contribution >= 0.6 is 11.6 Å². The maximum atomic E-state index is 11.0. The van der Waals surface area contributed by atoms with E-state index in [2.05, 4.69) is 12.2 Å². The topological polar surface area (TPSA) is 49.3 Å². The van der Waals surface area contributed by atoms with Gasteiger partial charge in [0.2, 0.25) is 5.91 Å². The van der Waals surface area contributed by atoms with Crippen LogP contribution in [0.1, 0.15) is 39.0 Å². The van der Waals surface area contributed by atoms with Gasteiger partial charge in [0, 0.05) is 6.54 Å². The SMILES string of the molecule is CCC1CCC(O)(CNC(=O)CCl)CC1. The van der Waals surface area contributed by atoms with Crippen LogP contribution in [0.25, 0.3) is 0 Å². The monoisotopic (exact) mass is 233 g/mol. The smallest absolute Gasteiger partial charge is 0.235 e. The molecule has 1 aliphatic carbocycles. The Morgan fingerprint density at radius 3 is 2.60 bits per heavy atom. The van der Waals surface area contributed by atoms with Gasteiger partial charge in [0.05, 0.1) is 5.60 Å². The summed E-state index contributed by atoms with van der Waals surface area (Å²) in [5.41, 5.74) is -0.701. The minimum atomic E-state index is -0.701. The molecular weight excluding hydrogens is 214 g/mol. The molecule has 0 aliphatic heterocycles. The zero-order valence-corrected chi connectivity index (χ0v) is 10.0. The average molecular weight is 234 g/mol. The van der Waals surface area contributed by atoms with Gasteiger partial charge in [0.15, 0.2) is 0 Å². The molecule has 0 heterocycles. The Kier molecular flexibility index (Phi) is 4.87. The largest absolute Gasteiger partial charge is 0.388 e. The molecule has 3 nitrogen and oxygen atoms in total. The van der Waals surface area contributed by atoms with Crippen LogP contribution in [-0.2, 0) is 4.79 Å². The first-order valence-electron chi connectivity index (χ1n) is 5.64. The van der Waals surface area contributed by atoms with Crippen molar-refractivity contribution in [2.75, 3.05) is 12.4 Å². The van der Waals surface area contributed by atoms with Crippen molar-refractivity contribution in [3.63, 3.8) is 0 Å². The molecule has 1 amide bonds. The van der Waals surface area contributed by atoms with Crippen molar-refractivity contribution in [2.24, 2.45) is 5.92 Å². The molecule has 15 heavy (non-hydrogen) atoms. The summed E-state index contributed by atoms with van der Waals surface area (Å²) in [6, 6.07) is 0. The summed E-state index contributed by atoms with van der Waals surface area (Å²) >= 11 is 5.37. The zero-order valence-electron chi connectivity index (χ0n) is 9.26. The second kappa shape index (κ2) is 5.71. The van der Waals surface area contributed by atoms with Crippen molar-refractivity contribution in [3.05, 3.63) is 0 Å². The van der Waals surface area contributed by atoms with Crippen molar-refractivity contribution >= 4 is 17.5 Å². The molecular formula is C11H20ClNO2. The molecule has 0 spiro atoms. The zero-order chi connectivity index (χ0) is 11.3. The molecule has 88 valence electrons. The fraction of sp³-hybridized carbons (Fsp3) is 0.909. The van der Waals surface area contributed by atoms with Gasteiger partial charge in [-0.2, -0.15) is 0 Å². The van der Waals surface area contributed by atoms with Crippen molar-refractivity contribution in [2.45, 2.75) is 44.6 Å². The number of halogens is 1. The standard InChI is InChI=1S/C11H20ClNO2/c1-2-9-3-5-11(15,6-4-9)8-13-10(14)7-12/h9,15H,2-8H2,1H3,(H,13,14). The van der Waals surface area contributed by atoms with E-state index in [1.807, 2.05) is 0 Å². The lowest BCUT2D eigenvalue weighted by Crippen LogP contribution is -2.45. The van der Waals surface area contributed by atoms with E-state index in [9.17, 15) is 9.90 Å². The normalized spacial score (nSPS) is 31.3. The maximum Gasteiger partial charge on any atom is 0.235 e. The number of hydrogen-bond acceptors (Lipinski definition) is 2. The van der Waals surface area contributed by atoms with E-state index in [4.69, 9.17) is 11.6 Å². The van der Waals surface area contributed by atoms with Gasteiger partial charge in [0.25, 0.3) is 0 Å². The number of aliphatic hydroxyl groups is 1. The number of alkyl halides is 1. The van der Waals surface area contributed by atoms with E-state index in [0.717, 1.165) is 31.6 Å². The third kappa shape index (κ3) is 3.99. The lowest BCUT2D eigenvalue weighted by atomic mass is 9.78. The van der Waals surface area contributed by atoms with Gasteiger partial charge in [-0.25, -0.2) is 0 Å². The van der Waals surface area contributed by atoms with Gasteiger partial charge in [0.1, 0.15) is 5.88 Å². The van der Waals surface area contributed by atoms with Gasteiger partial charge in [-0.3, -0.25) is 4.79 Å². The maximum absolute atomic E-state index is 11.0. The van der Waals surface area contributed by atoms with Crippen LogP contribution in [0.5, 0.6) is 0 Å². The third-order valence-electron chi connectivity index (χ3n) is 3.35. The number of carbonyl (C=O) groups is 1. The van der Waals surface area contributed by atoms with E-state index in [1.54, 1.807) is 0 Å². The Morgan fingerprint density at radius 1 is 1.53 bits per heavy atom. The predicted octanol–water partition coefficient (Wildman–Crippen LogP) is 1.67. The third-order valence-corrected chi connectivity index (χ3v) is 3.59. The van der Waals surface area contributed by atoms with Crippen molar-refractivity contribution in [1.82, 2.24) is 5.32 Å². The fourth-order valence-corrected chi connectivity index (χ4v) is 2.20. The predicted molar refractivity (Wildman–Crippen MR) is 60.9 cm³/mol. The van der Waals surface area contributed by atoms with Gasteiger partial charge in [-0.05, 0) is 31.6 Å². The Labute approximate surface area is 96.2 Å². The molecule has 0 bridgehead atoms. The van der Waals surface area contributed by atoms with E-state index >= 15 is 0 Å². The summed E-state index contributed by atoms with van der Waals surface area (Å²) in [7, 11) is 0. The van der Waals surface area contributed by atoms with Crippen molar-refractivity contribution in [1.29, 1.82) is 0 Å². The summed E-state index contributed by atoms with van der Waals surface area (Å²) < 4.78 is 0. The highest BCUT2D eigenvalue weighted by atomic mass is 35.5. The highest BCUT2D eigenvalue weighted by molar-refractivity contribution is 6.27. The lowest BCUT2D eigenvalue weighted by molar-refractivity contribution is -0.120. The summed E-state index contributed by atoms with van der Waals surface area (Å²) in [5.74, 6) is 0.505. The molecule has 0 aromatic rings. The molecule has 0 aromatic heterocycles. The molecule has 1 rings (SSSR count). The molecule has 0 saturated heterocycles. The Hall–Kier alpha value is -0.280. The average Bonchev–Trinajstić information content (AvgIpc) is 2.27. The quantitative estimate of drug-likeness (QED) is 0.726. The summed E-state index contributed by atoms with van der Waals surface area (Å²) in [6.07, 6.45) is 4.87. The number of rotatable bonds is 4. The van der Waals surface area contributed by atoms with Crippen LogP contribution in [0.2, 0.25) is 0 Å². The molecule has 4 heteroatoms. The number of amides is 1. The number of nitrogens with one attached hydrogen (secondary N) is 1. The molecule has 0 radical (unpaired) electrons. The van der Waals surface area contributed by atoms with Crippen LogP contribution in [0.15, 0.2) is 0 Å². The highest BCUT2D eigenvalue weighted by Gasteiger charge is 2.32. The molecule has 0 aromatic carbocycles. The van der Waals surface area contributed by atoms with E-state index < -0.39 is 5.60 Å². The molecule has 1 saturated carbocycles. The van der Waals surface area contributed by atoms with Crippen LogP contribution in [0.3, 0.4) is 0 Å². The first-order chi connectivity index (χ1) is 7.09. The molecule has 0 atom stereocenters. The van der Waals surface area contributed by atoms with E-state index in [-0.39, 0.29) is 11.8 Å². The van der Waals surface area contributed by atoms with Crippen LogP contribution < -0.4 is 5.32 Å². The van der Waals surface area contributed by atoms with Crippen molar-refractivity contribution in [3.8, 4) is 0 Å². The van der Waals surface area contributed by atoms with Crippen LogP contribution in [0, 0.1) is 5.92 Å². The molecule has 0 unspecified atom stereocenters. The molecule has 1 aliphatic rings. The molecule has 2 N–H and O–H groups in total. The summed E-state index contributed by atoms with van der Waals surface area (Å²) in [4.78, 5) is 11.0.